The molecule has 1 rings (SSSR count). The van der Waals surface area contributed by atoms with Gasteiger partial charge in [0.15, 0.2) is 0 Å². The molecule has 1 aliphatic rings. The van der Waals surface area contributed by atoms with Gasteiger partial charge < -0.3 is 10.6 Å². The first-order valence-corrected chi connectivity index (χ1v) is 6.07. The zero-order chi connectivity index (χ0) is 12.8. The van der Waals surface area contributed by atoms with E-state index < -0.39 is 5.92 Å². The number of primary amides is 1. The van der Waals surface area contributed by atoms with Crippen LogP contribution < -0.4 is 5.73 Å². The van der Waals surface area contributed by atoms with E-state index in [4.69, 9.17) is 11.0 Å². The lowest BCUT2D eigenvalue weighted by Crippen LogP contribution is -2.44. The minimum atomic E-state index is -0.537. The Morgan fingerprint density at radius 1 is 1.47 bits per heavy atom. The van der Waals surface area contributed by atoms with Gasteiger partial charge in [-0.05, 0) is 19.3 Å². The number of nitrogens with two attached hydrogens (primary N) is 1. The van der Waals surface area contributed by atoms with Crippen LogP contribution in [0.5, 0.6) is 0 Å². The summed E-state index contributed by atoms with van der Waals surface area (Å²) < 4.78 is 0. The van der Waals surface area contributed by atoms with E-state index in [9.17, 15) is 9.59 Å². The first-order valence-electron chi connectivity index (χ1n) is 6.07. The molecule has 0 radical (unpaired) electrons. The highest BCUT2D eigenvalue weighted by molar-refractivity contribution is 5.82. The van der Waals surface area contributed by atoms with Crippen molar-refractivity contribution in [2.45, 2.75) is 32.6 Å². The van der Waals surface area contributed by atoms with E-state index in [1.807, 2.05) is 6.92 Å². The Morgan fingerprint density at radius 2 is 2.06 bits per heavy atom. The number of carbonyl (C=O) groups excluding carboxylic acids is 2. The highest BCUT2D eigenvalue weighted by Crippen LogP contribution is 2.19. The predicted molar refractivity (Wildman–Crippen MR) is 62.5 cm³/mol. The zero-order valence-electron chi connectivity index (χ0n) is 10.2. The van der Waals surface area contributed by atoms with Crippen molar-refractivity contribution in [1.82, 2.24) is 4.90 Å². The van der Waals surface area contributed by atoms with Crippen molar-refractivity contribution >= 4 is 11.8 Å². The van der Waals surface area contributed by atoms with Gasteiger partial charge in [0.2, 0.25) is 11.8 Å². The third-order valence-corrected chi connectivity index (χ3v) is 3.24. The fraction of sp³-hybridized carbons (Fsp3) is 0.750. The highest BCUT2D eigenvalue weighted by atomic mass is 16.2. The van der Waals surface area contributed by atoms with Gasteiger partial charge in [-0.2, -0.15) is 5.26 Å². The first-order chi connectivity index (χ1) is 8.10. The fourth-order valence-corrected chi connectivity index (χ4v) is 2.14. The van der Waals surface area contributed by atoms with Gasteiger partial charge in [0.05, 0.1) is 6.07 Å². The van der Waals surface area contributed by atoms with Gasteiger partial charge in [0.25, 0.3) is 0 Å². The van der Waals surface area contributed by atoms with Crippen LogP contribution in [-0.4, -0.2) is 29.8 Å². The molecule has 0 aliphatic carbocycles. The zero-order valence-corrected chi connectivity index (χ0v) is 10.2. The monoisotopic (exact) mass is 237 g/mol. The van der Waals surface area contributed by atoms with Gasteiger partial charge in [0, 0.05) is 19.0 Å². The van der Waals surface area contributed by atoms with Crippen molar-refractivity contribution in [3.05, 3.63) is 0 Å². The maximum atomic E-state index is 12.0. The van der Waals surface area contributed by atoms with Crippen LogP contribution in [-0.2, 0) is 9.59 Å². The summed E-state index contributed by atoms with van der Waals surface area (Å²) in [5, 5.41) is 8.93. The van der Waals surface area contributed by atoms with Crippen LogP contribution in [0.1, 0.15) is 32.6 Å². The van der Waals surface area contributed by atoms with Crippen LogP contribution >= 0.6 is 0 Å². The normalized spacial score (nSPS) is 18.5. The molecular weight excluding hydrogens is 218 g/mol. The van der Waals surface area contributed by atoms with Crippen molar-refractivity contribution in [2.75, 3.05) is 13.1 Å². The molecule has 1 aliphatic heterocycles. The third kappa shape index (κ3) is 3.45. The SMILES string of the molecule is CCCC(C#N)C(=O)N1CCC(C(N)=O)CC1. The Bertz CT molecular complexity index is 327. The lowest BCUT2D eigenvalue weighted by molar-refractivity contribution is -0.137. The average molecular weight is 237 g/mol. The van der Waals surface area contributed by atoms with E-state index in [-0.39, 0.29) is 17.7 Å². The molecule has 2 amide bonds. The summed E-state index contributed by atoms with van der Waals surface area (Å²) in [6.45, 7) is 3.03. The van der Waals surface area contributed by atoms with Crippen LogP contribution in [0.3, 0.4) is 0 Å². The molecule has 17 heavy (non-hydrogen) atoms. The number of nitriles is 1. The summed E-state index contributed by atoms with van der Waals surface area (Å²) in [6.07, 6.45) is 2.66. The summed E-state index contributed by atoms with van der Waals surface area (Å²) in [5.74, 6) is -1.05. The topological polar surface area (TPSA) is 87.2 Å². The molecule has 5 heteroatoms. The quantitative estimate of drug-likeness (QED) is 0.778. The van der Waals surface area contributed by atoms with Crippen LogP contribution in [0.2, 0.25) is 0 Å². The van der Waals surface area contributed by atoms with E-state index in [0.717, 1.165) is 6.42 Å². The maximum Gasteiger partial charge on any atom is 0.239 e. The summed E-state index contributed by atoms with van der Waals surface area (Å²) in [4.78, 5) is 24.7. The van der Waals surface area contributed by atoms with Crippen LogP contribution in [0.15, 0.2) is 0 Å². The first kappa shape index (κ1) is 13.5. The minimum Gasteiger partial charge on any atom is -0.369 e. The number of amides is 2. The molecule has 1 saturated heterocycles. The Balaban J connectivity index is 2.51. The molecule has 1 atom stereocenters. The van der Waals surface area contributed by atoms with Crippen molar-refractivity contribution in [3.8, 4) is 6.07 Å². The second-order valence-electron chi connectivity index (χ2n) is 4.47. The van der Waals surface area contributed by atoms with E-state index in [2.05, 4.69) is 6.07 Å². The fourth-order valence-electron chi connectivity index (χ4n) is 2.14. The number of likely N-dealkylation sites (tertiary alicyclic amines) is 1. The van der Waals surface area contributed by atoms with Crippen molar-refractivity contribution in [2.24, 2.45) is 17.6 Å². The standard InChI is InChI=1S/C12H19N3O2/c1-2-3-10(8-13)12(17)15-6-4-9(5-7-15)11(14)16/h9-10H,2-7H2,1H3,(H2,14,16). The molecular formula is C12H19N3O2. The van der Waals surface area contributed by atoms with Crippen molar-refractivity contribution in [3.63, 3.8) is 0 Å². The molecule has 0 bridgehead atoms. The molecule has 1 heterocycles. The molecule has 5 nitrogen and oxygen atoms in total. The van der Waals surface area contributed by atoms with Gasteiger partial charge in [-0.25, -0.2) is 0 Å². The second kappa shape index (κ2) is 6.24. The van der Waals surface area contributed by atoms with E-state index >= 15 is 0 Å². The minimum absolute atomic E-state index is 0.0997. The van der Waals surface area contributed by atoms with Crippen LogP contribution in [0, 0.1) is 23.2 Å². The molecule has 94 valence electrons. The molecule has 1 unspecified atom stereocenters. The molecule has 1 fully saturated rings. The Hall–Kier alpha value is -1.57. The van der Waals surface area contributed by atoms with Gasteiger partial charge in [-0.15, -0.1) is 0 Å². The van der Waals surface area contributed by atoms with Gasteiger partial charge in [-0.3, -0.25) is 9.59 Å². The highest BCUT2D eigenvalue weighted by Gasteiger charge is 2.29. The number of hydrogen-bond acceptors (Lipinski definition) is 3. The summed E-state index contributed by atoms with van der Waals surface area (Å²) in [6, 6.07) is 2.05. The smallest absolute Gasteiger partial charge is 0.239 e. The predicted octanol–water partition coefficient (Wildman–Crippen LogP) is 0.650. The van der Waals surface area contributed by atoms with Crippen molar-refractivity contribution < 1.29 is 9.59 Å². The molecule has 0 aromatic carbocycles. The number of rotatable bonds is 4. The second-order valence-corrected chi connectivity index (χ2v) is 4.47. The molecule has 0 aromatic heterocycles. The number of carbonyl (C=O) groups is 2. The summed E-state index contributed by atoms with van der Waals surface area (Å²) in [7, 11) is 0. The lowest BCUT2D eigenvalue weighted by Gasteiger charge is -2.31. The van der Waals surface area contributed by atoms with Gasteiger partial charge >= 0.3 is 0 Å². The van der Waals surface area contributed by atoms with E-state index in [0.29, 0.717) is 32.4 Å². The maximum absolute atomic E-state index is 12.0. The summed E-state index contributed by atoms with van der Waals surface area (Å²) >= 11 is 0. The third-order valence-electron chi connectivity index (χ3n) is 3.24. The molecule has 2 N–H and O–H groups in total. The molecule has 0 saturated carbocycles. The van der Waals surface area contributed by atoms with Gasteiger partial charge in [0.1, 0.15) is 5.92 Å². The number of nitrogens with zero attached hydrogens (tertiary/aromatic N) is 2. The average Bonchev–Trinajstić information content (AvgIpc) is 2.35. The Morgan fingerprint density at radius 3 is 2.47 bits per heavy atom. The molecule has 0 aromatic rings. The van der Waals surface area contributed by atoms with E-state index in [1.54, 1.807) is 4.90 Å². The largest absolute Gasteiger partial charge is 0.369 e. The lowest BCUT2D eigenvalue weighted by atomic mass is 9.94. The van der Waals surface area contributed by atoms with E-state index in [1.165, 1.54) is 0 Å². The number of piperidine rings is 1. The molecule has 0 spiro atoms. The number of hydrogen-bond donors (Lipinski definition) is 1. The van der Waals surface area contributed by atoms with Crippen molar-refractivity contribution in [1.29, 1.82) is 5.26 Å². The van der Waals surface area contributed by atoms with Crippen LogP contribution in [0.25, 0.3) is 0 Å². The summed E-state index contributed by atoms with van der Waals surface area (Å²) in [5.41, 5.74) is 5.23. The Labute approximate surface area is 102 Å². The van der Waals surface area contributed by atoms with Crippen LogP contribution in [0.4, 0.5) is 0 Å². The van der Waals surface area contributed by atoms with Gasteiger partial charge in [-0.1, -0.05) is 13.3 Å². The Kier molecular flexibility index (Phi) is 4.95.